The fourth-order valence-electron chi connectivity index (χ4n) is 2.88. The maximum atomic E-state index is 12.9. The van der Waals surface area contributed by atoms with Crippen LogP contribution in [0.1, 0.15) is 12.0 Å². The Hall–Kier alpha value is -1.23. The predicted molar refractivity (Wildman–Crippen MR) is 105 cm³/mol. The summed E-state index contributed by atoms with van der Waals surface area (Å²) in [4.78, 5) is 6.34. The Balaban J connectivity index is 0.00000338. The van der Waals surface area contributed by atoms with E-state index in [2.05, 4.69) is 15.2 Å². The van der Waals surface area contributed by atoms with E-state index in [1.165, 1.54) is 18.2 Å². The highest BCUT2D eigenvalue weighted by Crippen LogP contribution is 2.35. The van der Waals surface area contributed by atoms with Crippen molar-refractivity contribution in [2.75, 3.05) is 47.0 Å². The summed E-state index contributed by atoms with van der Waals surface area (Å²) in [5.41, 5.74) is -0.763. The third-order valence-electron chi connectivity index (χ3n) is 4.03. The lowest BCUT2D eigenvalue weighted by atomic mass is 10.1. The van der Waals surface area contributed by atoms with Gasteiger partial charge >= 0.3 is 6.18 Å². The molecule has 1 heterocycles. The number of likely N-dealkylation sites (tertiary alicyclic amines) is 1. The molecule has 26 heavy (non-hydrogen) atoms. The molecule has 1 saturated heterocycles. The number of rotatable bonds is 6. The first kappa shape index (κ1) is 22.8. The van der Waals surface area contributed by atoms with Crippen molar-refractivity contribution in [3.05, 3.63) is 29.8 Å². The van der Waals surface area contributed by atoms with Crippen LogP contribution in [0.5, 0.6) is 5.75 Å². The molecule has 0 aromatic heterocycles. The van der Waals surface area contributed by atoms with E-state index in [1.807, 2.05) is 0 Å². The molecule has 5 nitrogen and oxygen atoms in total. The van der Waals surface area contributed by atoms with Gasteiger partial charge in [-0.25, -0.2) is 0 Å². The maximum Gasteiger partial charge on any atom is 0.419 e. The molecule has 0 aliphatic carbocycles. The van der Waals surface area contributed by atoms with E-state index in [9.17, 15) is 13.2 Å². The zero-order valence-electron chi connectivity index (χ0n) is 14.9. The first-order valence-corrected chi connectivity index (χ1v) is 8.19. The number of halogens is 4. The summed E-state index contributed by atoms with van der Waals surface area (Å²) < 4.78 is 49.2. The number of nitrogens with zero attached hydrogens (tertiary/aromatic N) is 2. The molecule has 1 atom stereocenters. The number of benzene rings is 1. The number of aliphatic imine (C=N–C) groups is 1. The largest absolute Gasteiger partial charge is 0.491 e. The Kier molecular flexibility index (Phi) is 9.48. The van der Waals surface area contributed by atoms with Gasteiger partial charge in [-0.05, 0) is 18.6 Å². The van der Waals surface area contributed by atoms with Gasteiger partial charge in [0.15, 0.2) is 5.96 Å². The molecule has 1 fully saturated rings. The second-order valence-electron chi connectivity index (χ2n) is 5.87. The quantitative estimate of drug-likeness (QED) is 0.290. The van der Waals surface area contributed by atoms with Crippen LogP contribution >= 0.6 is 24.0 Å². The Morgan fingerprint density at radius 1 is 1.35 bits per heavy atom. The average Bonchev–Trinajstić information content (AvgIpc) is 3.03. The van der Waals surface area contributed by atoms with Gasteiger partial charge in [0.1, 0.15) is 12.4 Å². The van der Waals surface area contributed by atoms with E-state index in [0.29, 0.717) is 19.1 Å². The fourth-order valence-corrected chi connectivity index (χ4v) is 2.88. The predicted octanol–water partition coefficient (Wildman–Crippen LogP) is 3.25. The zero-order chi connectivity index (χ0) is 18.3. The number of alkyl halides is 3. The van der Waals surface area contributed by atoms with E-state index in [4.69, 9.17) is 9.47 Å². The van der Waals surface area contributed by atoms with Crippen LogP contribution in [0.3, 0.4) is 0 Å². The highest BCUT2D eigenvalue weighted by Gasteiger charge is 2.34. The van der Waals surface area contributed by atoms with Crippen molar-refractivity contribution < 1.29 is 22.6 Å². The van der Waals surface area contributed by atoms with Crippen molar-refractivity contribution in [2.45, 2.75) is 12.6 Å². The van der Waals surface area contributed by atoms with E-state index in [0.717, 1.165) is 31.5 Å². The lowest BCUT2D eigenvalue weighted by molar-refractivity contribution is -0.138. The van der Waals surface area contributed by atoms with Gasteiger partial charge in [0, 0.05) is 33.2 Å². The zero-order valence-corrected chi connectivity index (χ0v) is 17.2. The monoisotopic (exact) mass is 487 g/mol. The summed E-state index contributed by atoms with van der Waals surface area (Å²) in [6, 6.07) is 5.21. The third kappa shape index (κ3) is 6.49. The van der Waals surface area contributed by atoms with Gasteiger partial charge < -0.3 is 19.7 Å². The summed E-state index contributed by atoms with van der Waals surface area (Å²) in [5, 5.41) is 3.13. The molecule has 1 aromatic rings. The van der Waals surface area contributed by atoms with Gasteiger partial charge in [0.2, 0.25) is 0 Å². The molecule has 1 aromatic carbocycles. The smallest absolute Gasteiger partial charge is 0.419 e. The van der Waals surface area contributed by atoms with Crippen molar-refractivity contribution in [3.63, 3.8) is 0 Å². The van der Waals surface area contributed by atoms with Crippen molar-refractivity contribution in [2.24, 2.45) is 10.9 Å². The van der Waals surface area contributed by atoms with Crippen LogP contribution in [0.4, 0.5) is 13.2 Å². The number of ether oxygens (including phenoxy) is 2. The molecule has 0 amide bonds. The second-order valence-corrected chi connectivity index (χ2v) is 5.87. The molecule has 9 heteroatoms. The van der Waals surface area contributed by atoms with E-state index in [-0.39, 0.29) is 36.3 Å². The van der Waals surface area contributed by atoms with Crippen LogP contribution in [0, 0.1) is 5.92 Å². The summed E-state index contributed by atoms with van der Waals surface area (Å²) in [5.74, 6) is 1.04. The number of hydrogen-bond acceptors (Lipinski definition) is 3. The Labute approximate surface area is 169 Å². The Morgan fingerprint density at radius 2 is 2.08 bits per heavy atom. The molecule has 1 N–H and O–H groups in total. The van der Waals surface area contributed by atoms with Gasteiger partial charge in [-0.3, -0.25) is 4.99 Å². The van der Waals surface area contributed by atoms with E-state index < -0.39 is 11.7 Å². The maximum absolute atomic E-state index is 12.9. The summed E-state index contributed by atoms with van der Waals surface area (Å²) in [6.45, 7) is 2.92. The molecule has 1 aliphatic heterocycles. The number of methoxy groups -OCH3 is 1. The Bertz CT molecular complexity index is 585. The minimum absolute atomic E-state index is 0. The summed E-state index contributed by atoms with van der Waals surface area (Å²) >= 11 is 0. The second kappa shape index (κ2) is 10.8. The SMILES string of the molecule is CN=C(NCCOc1ccccc1C(F)(F)F)N1CCC(COC)C1.I. The number of hydrogen-bond donors (Lipinski definition) is 1. The first-order chi connectivity index (χ1) is 12.0. The molecule has 0 bridgehead atoms. The summed E-state index contributed by atoms with van der Waals surface area (Å²) in [6.07, 6.45) is -3.39. The molecule has 0 radical (unpaired) electrons. The lowest BCUT2D eigenvalue weighted by Gasteiger charge is -2.22. The van der Waals surface area contributed by atoms with E-state index >= 15 is 0 Å². The van der Waals surface area contributed by atoms with Crippen LogP contribution < -0.4 is 10.1 Å². The van der Waals surface area contributed by atoms with Gasteiger partial charge in [-0.15, -0.1) is 24.0 Å². The van der Waals surface area contributed by atoms with Gasteiger partial charge in [-0.1, -0.05) is 12.1 Å². The minimum Gasteiger partial charge on any atom is -0.491 e. The molecular formula is C17H25F3IN3O2. The number of para-hydroxylation sites is 1. The van der Waals surface area contributed by atoms with Crippen LogP contribution in [0.2, 0.25) is 0 Å². The van der Waals surface area contributed by atoms with Crippen LogP contribution in [-0.4, -0.2) is 57.9 Å². The van der Waals surface area contributed by atoms with Gasteiger partial charge in [0.05, 0.1) is 18.7 Å². The van der Waals surface area contributed by atoms with E-state index in [1.54, 1.807) is 14.2 Å². The summed E-state index contributed by atoms with van der Waals surface area (Å²) in [7, 11) is 3.37. The number of guanidine groups is 1. The van der Waals surface area contributed by atoms with Crippen molar-refractivity contribution >= 4 is 29.9 Å². The van der Waals surface area contributed by atoms with Gasteiger partial charge in [-0.2, -0.15) is 13.2 Å². The standard InChI is InChI=1S/C17H24F3N3O2.HI/c1-21-16(23-9-7-13(11-23)12-24-2)22-8-10-25-15-6-4-3-5-14(15)17(18,19)20;/h3-6,13H,7-12H2,1-2H3,(H,21,22);1H. The fraction of sp³-hybridized carbons (Fsp3) is 0.588. The van der Waals surface area contributed by atoms with Crippen molar-refractivity contribution in [3.8, 4) is 5.75 Å². The molecular weight excluding hydrogens is 462 g/mol. The third-order valence-corrected chi connectivity index (χ3v) is 4.03. The molecule has 0 saturated carbocycles. The van der Waals surface area contributed by atoms with Crippen molar-refractivity contribution in [1.82, 2.24) is 10.2 Å². The Morgan fingerprint density at radius 3 is 2.73 bits per heavy atom. The lowest BCUT2D eigenvalue weighted by Crippen LogP contribution is -2.41. The number of nitrogens with one attached hydrogen (secondary N) is 1. The topological polar surface area (TPSA) is 46.1 Å². The van der Waals surface area contributed by atoms with Crippen LogP contribution in [0.25, 0.3) is 0 Å². The molecule has 0 spiro atoms. The molecule has 148 valence electrons. The molecule has 2 rings (SSSR count). The van der Waals surface area contributed by atoms with Crippen LogP contribution in [0.15, 0.2) is 29.3 Å². The normalized spacial score (nSPS) is 17.8. The minimum atomic E-state index is -4.42. The molecule has 1 unspecified atom stereocenters. The van der Waals surface area contributed by atoms with Crippen LogP contribution in [-0.2, 0) is 10.9 Å². The van der Waals surface area contributed by atoms with Crippen molar-refractivity contribution in [1.29, 1.82) is 0 Å². The molecule has 1 aliphatic rings. The highest BCUT2D eigenvalue weighted by atomic mass is 127. The first-order valence-electron chi connectivity index (χ1n) is 8.19. The highest BCUT2D eigenvalue weighted by molar-refractivity contribution is 14.0. The average molecular weight is 487 g/mol. The van der Waals surface area contributed by atoms with Gasteiger partial charge in [0.25, 0.3) is 0 Å².